The molecular formula is C18H14ClFO5. The molecular weight excluding hydrogens is 351 g/mol. The molecule has 25 heavy (non-hydrogen) atoms. The maximum absolute atomic E-state index is 13.1. The lowest BCUT2D eigenvalue weighted by molar-refractivity contribution is 0.0474. The molecule has 1 aliphatic heterocycles. The summed E-state index contributed by atoms with van der Waals surface area (Å²) in [5, 5.41) is 0.225. The van der Waals surface area contributed by atoms with Crippen LogP contribution in [0, 0.1) is 5.82 Å². The third-order valence-corrected chi connectivity index (χ3v) is 3.80. The van der Waals surface area contributed by atoms with Crippen molar-refractivity contribution in [3.05, 3.63) is 58.4 Å². The molecule has 0 radical (unpaired) electrons. The molecule has 0 saturated carbocycles. The number of carbonyl (C=O) groups excluding carboxylic acids is 2. The minimum Gasteiger partial charge on any atom is -0.489 e. The molecule has 130 valence electrons. The first-order valence-electron chi connectivity index (χ1n) is 7.59. The summed E-state index contributed by atoms with van der Waals surface area (Å²) in [6, 6.07) is 8.02. The number of ketones is 1. The minimum absolute atomic E-state index is 0.129. The van der Waals surface area contributed by atoms with Gasteiger partial charge in [0.25, 0.3) is 0 Å². The number of benzene rings is 2. The highest BCUT2D eigenvalue weighted by molar-refractivity contribution is 6.32. The van der Waals surface area contributed by atoms with Gasteiger partial charge in [-0.25, -0.2) is 9.18 Å². The maximum atomic E-state index is 13.1. The van der Waals surface area contributed by atoms with E-state index in [1.807, 2.05) is 0 Å². The molecule has 3 rings (SSSR count). The molecule has 1 heterocycles. The topological polar surface area (TPSA) is 61.8 Å². The van der Waals surface area contributed by atoms with E-state index in [9.17, 15) is 14.0 Å². The Morgan fingerprint density at radius 1 is 1.12 bits per heavy atom. The van der Waals surface area contributed by atoms with Crippen LogP contribution in [0.2, 0.25) is 5.02 Å². The first-order chi connectivity index (χ1) is 12.0. The Morgan fingerprint density at radius 2 is 1.92 bits per heavy atom. The summed E-state index contributed by atoms with van der Waals surface area (Å²) < 4.78 is 29.1. The lowest BCUT2D eigenvalue weighted by Crippen LogP contribution is -2.14. The second-order valence-corrected chi connectivity index (χ2v) is 5.75. The summed E-state index contributed by atoms with van der Waals surface area (Å²) >= 11 is 6.12. The Balaban J connectivity index is 1.70. The van der Waals surface area contributed by atoms with Gasteiger partial charge in [0.15, 0.2) is 23.9 Å². The third kappa shape index (κ3) is 4.09. The zero-order valence-electron chi connectivity index (χ0n) is 13.1. The SMILES string of the molecule is O=C(COC(=O)c1cc(Cl)c2c(c1)OCCCO2)c1cccc(F)c1. The minimum atomic E-state index is -0.734. The van der Waals surface area contributed by atoms with E-state index in [1.165, 1.54) is 30.3 Å². The predicted molar refractivity (Wildman–Crippen MR) is 88.1 cm³/mol. The zero-order valence-corrected chi connectivity index (χ0v) is 13.8. The van der Waals surface area contributed by atoms with Crippen molar-refractivity contribution in [3.8, 4) is 11.5 Å². The Hall–Kier alpha value is -2.60. The van der Waals surface area contributed by atoms with E-state index in [-0.39, 0.29) is 16.1 Å². The Bertz CT molecular complexity index is 821. The van der Waals surface area contributed by atoms with E-state index in [2.05, 4.69) is 0 Å². The number of Topliss-reactive ketones (excluding diaryl/α,β-unsaturated/α-hetero) is 1. The summed E-state index contributed by atoms with van der Waals surface area (Å²) in [6.07, 6.45) is 0.701. The zero-order chi connectivity index (χ0) is 17.8. The van der Waals surface area contributed by atoms with Crippen molar-refractivity contribution >= 4 is 23.4 Å². The normalized spacial score (nSPS) is 13.0. The molecule has 0 bridgehead atoms. The van der Waals surface area contributed by atoms with E-state index in [0.29, 0.717) is 31.1 Å². The van der Waals surface area contributed by atoms with Gasteiger partial charge in [-0.3, -0.25) is 4.79 Å². The predicted octanol–water partition coefficient (Wildman–Crippen LogP) is 3.68. The largest absolute Gasteiger partial charge is 0.489 e. The van der Waals surface area contributed by atoms with Gasteiger partial charge in [-0.2, -0.15) is 0 Å². The van der Waals surface area contributed by atoms with Crippen LogP contribution in [-0.2, 0) is 4.74 Å². The number of carbonyl (C=O) groups is 2. The lowest BCUT2D eigenvalue weighted by atomic mass is 10.1. The standard InChI is InChI=1S/C18H14ClFO5/c19-14-8-12(9-16-17(14)24-6-2-5-23-16)18(22)25-10-15(21)11-3-1-4-13(20)7-11/h1,3-4,7-9H,2,5-6,10H2. The van der Waals surface area contributed by atoms with Gasteiger partial charge in [0.2, 0.25) is 0 Å². The summed E-state index contributed by atoms with van der Waals surface area (Å²) in [4.78, 5) is 24.1. The molecule has 0 aromatic heterocycles. The molecule has 7 heteroatoms. The van der Waals surface area contributed by atoms with Gasteiger partial charge in [-0.1, -0.05) is 23.7 Å². The summed E-state index contributed by atoms with van der Waals surface area (Å²) in [6.45, 7) is 0.410. The molecule has 0 amide bonds. The quantitative estimate of drug-likeness (QED) is 0.611. The lowest BCUT2D eigenvalue weighted by Gasteiger charge is -2.11. The molecule has 1 aliphatic rings. The van der Waals surface area contributed by atoms with Crippen molar-refractivity contribution in [2.24, 2.45) is 0 Å². The van der Waals surface area contributed by atoms with Crippen molar-refractivity contribution in [1.29, 1.82) is 0 Å². The first-order valence-corrected chi connectivity index (χ1v) is 7.97. The monoisotopic (exact) mass is 364 g/mol. The van der Waals surface area contributed by atoms with Crippen molar-refractivity contribution in [2.75, 3.05) is 19.8 Å². The fourth-order valence-corrected chi connectivity index (χ4v) is 2.57. The number of fused-ring (bicyclic) bond motifs is 1. The second kappa shape index (κ2) is 7.53. The number of hydrogen-bond acceptors (Lipinski definition) is 5. The average Bonchev–Trinajstić information content (AvgIpc) is 2.85. The number of rotatable bonds is 4. The number of halogens is 2. The Kier molecular flexibility index (Phi) is 5.19. The highest BCUT2D eigenvalue weighted by atomic mass is 35.5. The fraction of sp³-hybridized carbons (Fsp3) is 0.222. The first kappa shape index (κ1) is 17.2. The molecule has 2 aromatic rings. The molecule has 0 fully saturated rings. The fourth-order valence-electron chi connectivity index (χ4n) is 2.31. The van der Waals surface area contributed by atoms with Crippen LogP contribution in [-0.4, -0.2) is 31.6 Å². The Morgan fingerprint density at radius 3 is 2.72 bits per heavy atom. The molecule has 0 saturated heterocycles. The van der Waals surface area contributed by atoms with Gasteiger partial charge in [-0.05, 0) is 24.3 Å². The van der Waals surface area contributed by atoms with Crippen molar-refractivity contribution < 1.29 is 28.2 Å². The molecule has 0 spiro atoms. The van der Waals surface area contributed by atoms with Gasteiger partial charge in [0, 0.05) is 12.0 Å². The van der Waals surface area contributed by atoms with Crippen molar-refractivity contribution in [3.63, 3.8) is 0 Å². The van der Waals surface area contributed by atoms with Crippen LogP contribution in [0.5, 0.6) is 11.5 Å². The molecule has 0 unspecified atom stereocenters. The van der Waals surface area contributed by atoms with Gasteiger partial charge in [0.05, 0.1) is 23.8 Å². The third-order valence-electron chi connectivity index (χ3n) is 3.52. The van der Waals surface area contributed by atoms with Crippen molar-refractivity contribution in [2.45, 2.75) is 6.42 Å². The highest BCUT2D eigenvalue weighted by Crippen LogP contribution is 2.38. The molecule has 0 aliphatic carbocycles. The van der Waals surface area contributed by atoms with Crippen LogP contribution in [0.15, 0.2) is 36.4 Å². The number of hydrogen-bond donors (Lipinski definition) is 0. The summed E-state index contributed by atoms with van der Waals surface area (Å²) in [5.41, 5.74) is 0.269. The summed E-state index contributed by atoms with van der Waals surface area (Å²) in [5.74, 6) is -1.04. The summed E-state index contributed by atoms with van der Waals surface area (Å²) in [7, 11) is 0. The number of ether oxygens (including phenoxy) is 3. The van der Waals surface area contributed by atoms with E-state index >= 15 is 0 Å². The Labute approximate surface area is 148 Å². The van der Waals surface area contributed by atoms with E-state index < -0.39 is 24.2 Å². The molecule has 0 atom stereocenters. The van der Waals surface area contributed by atoms with E-state index in [4.69, 9.17) is 25.8 Å². The van der Waals surface area contributed by atoms with E-state index in [1.54, 1.807) is 0 Å². The van der Waals surface area contributed by atoms with Crippen molar-refractivity contribution in [1.82, 2.24) is 0 Å². The van der Waals surface area contributed by atoms with Crippen LogP contribution < -0.4 is 9.47 Å². The van der Waals surface area contributed by atoms with Crippen LogP contribution in [0.25, 0.3) is 0 Å². The maximum Gasteiger partial charge on any atom is 0.338 e. The van der Waals surface area contributed by atoms with Crippen LogP contribution in [0.3, 0.4) is 0 Å². The highest BCUT2D eigenvalue weighted by Gasteiger charge is 2.20. The van der Waals surface area contributed by atoms with Crippen LogP contribution >= 0.6 is 11.6 Å². The number of esters is 1. The molecule has 5 nitrogen and oxygen atoms in total. The van der Waals surface area contributed by atoms with Crippen LogP contribution in [0.4, 0.5) is 4.39 Å². The van der Waals surface area contributed by atoms with Crippen LogP contribution in [0.1, 0.15) is 27.1 Å². The average molecular weight is 365 g/mol. The van der Waals surface area contributed by atoms with E-state index in [0.717, 1.165) is 6.07 Å². The van der Waals surface area contributed by atoms with Gasteiger partial charge in [0.1, 0.15) is 5.82 Å². The van der Waals surface area contributed by atoms with Gasteiger partial charge < -0.3 is 14.2 Å². The second-order valence-electron chi connectivity index (χ2n) is 5.35. The molecule has 2 aromatic carbocycles. The van der Waals surface area contributed by atoms with Gasteiger partial charge >= 0.3 is 5.97 Å². The van der Waals surface area contributed by atoms with Gasteiger partial charge in [-0.15, -0.1) is 0 Å². The smallest absolute Gasteiger partial charge is 0.338 e. The molecule has 0 N–H and O–H groups in total.